The molecule has 3 heteroatoms. The van der Waals surface area contributed by atoms with E-state index in [0.717, 1.165) is 24.0 Å². The summed E-state index contributed by atoms with van der Waals surface area (Å²) >= 11 is 11.9. The highest BCUT2D eigenvalue weighted by atomic mass is 35.5. The lowest BCUT2D eigenvalue weighted by Crippen LogP contribution is -2.33. The smallest absolute Gasteiger partial charge is 0.0406 e. The van der Waals surface area contributed by atoms with Crippen molar-refractivity contribution in [3.63, 3.8) is 0 Å². The van der Waals surface area contributed by atoms with E-state index in [1.54, 1.807) is 0 Å². The van der Waals surface area contributed by atoms with Gasteiger partial charge in [0, 0.05) is 23.5 Å². The molecule has 2 unspecified atom stereocenters. The molecule has 1 fully saturated rings. The van der Waals surface area contributed by atoms with Crippen molar-refractivity contribution in [3.8, 4) is 0 Å². The first-order valence-corrected chi connectivity index (χ1v) is 6.66. The summed E-state index contributed by atoms with van der Waals surface area (Å²) in [7, 11) is 0. The largest absolute Gasteiger partial charge is 0.295 e. The summed E-state index contributed by atoms with van der Waals surface area (Å²) in [5, 5.41) is 0.799. The molecule has 0 bridgehead atoms. The third-order valence-corrected chi connectivity index (χ3v) is 4.02. The molecule has 1 aliphatic rings. The van der Waals surface area contributed by atoms with Crippen LogP contribution in [0.15, 0.2) is 24.3 Å². The van der Waals surface area contributed by atoms with Crippen LogP contribution in [0.4, 0.5) is 0 Å². The molecule has 1 aliphatic heterocycles. The van der Waals surface area contributed by atoms with Gasteiger partial charge in [-0.05, 0) is 36.6 Å². The molecular formula is C13H17Cl2N. The van der Waals surface area contributed by atoms with E-state index in [9.17, 15) is 0 Å². The topological polar surface area (TPSA) is 3.24 Å². The Balaban J connectivity index is 2.01. The van der Waals surface area contributed by atoms with Crippen molar-refractivity contribution in [1.29, 1.82) is 0 Å². The van der Waals surface area contributed by atoms with Crippen LogP contribution in [0.2, 0.25) is 5.02 Å². The number of likely N-dealkylation sites (tertiary alicyclic amines) is 1. The lowest BCUT2D eigenvalue weighted by molar-refractivity contribution is 0.242. The molecule has 88 valence electrons. The maximum atomic E-state index is 6.03. The second kappa shape index (κ2) is 5.39. The Morgan fingerprint density at radius 2 is 2.00 bits per heavy atom. The number of benzene rings is 1. The van der Waals surface area contributed by atoms with Crippen molar-refractivity contribution in [2.24, 2.45) is 5.92 Å². The average molecular weight is 258 g/mol. The molecular weight excluding hydrogens is 241 g/mol. The zero-order chi connectivity index (χ0) is 11.5. The lowest BCUT2D eigenvalue weighted by Gasteiger charge is -2.24. The second-order valence-electron chi connectivity index (χ2n) is 4.58. The summed E-state index contributed by atoms with van der Waals surface area (Å²) in [5.41, 5.74) is 1.31. The molecule has 1 nitrogen and oxygen atoms in total. The number of alkyl halides is 1. The molecule has 0 radical (unpaired) electrons. The molecule has 0 aliphatic carbocycles. The van der Waals surface area contributed by atoms with Crippen LogP contribution in [0, 0.1) is 5.92 Å². The Labute approximate surface area is 107 Å². The molecule has 0 amide bonds. The van der Waals surface area contributed by atoms with Crippen LogP contribution in [-0.4, -0.2) is 23.4 Å². The van der Waals surface area contributed by atoms with Crippen molar-refractivity contribution in [2.45, 2.75) is 25.9 Å². The zero-order valence-corrected chi connectivity index (χ0v) is 11.0. The Morgan fingerprint density at radius 1 is 1.31 bits per heavy atom. The first-order valence-electron chi connectivity index (χ1n) is 5.75. The van der Waals surface area contributed by atoms with E-state index in [0.29, 0.717) is 12.0 Å². The molecule has 1 heterocycles. The molecule has 1 aromatic rings. The van der Waals surface area contributed by atoms with Gasteiger partial charge in [0.05, 0.1) is 0 Å². The molecule has 2 rings (SSSR count). The van der Waals surface area contributed by atoms with E-state index in [1.165, 1.54) is 12.0 Å². The minimum absolute atomic E-state index is 0.525. The van der Waals surface area contributed by atoms with Crippen LogP contribution >= 0.6 is 23.2 Å². The average Bonchev–Trinajstić information content (AvgIpc) is 2.63. The van der Waals surface area contributed by atoms with E-state index in [4.69, 9.17) is 23.2 Å². The predicted molar refractivity (Wildman–Crippen MR) is 70.2 cm³/mol. The second-order valence-corrected chi connectivity index (χ2v) is 5.33. The van der Waals surface area contributed by atoms with Gasteiger partial charge in [0.15, 0.2) is 0 Å². The Hall–Kier alpha value is -0.240. The fourth-order valence-corrected chi connectivity index (χ4v) is 2.98. The molecule has 2 atom stereocenters. The summed E-state index contributed by atoms with van der Waals surface area (Å²) in [4.78, 5) is 2.47. The van der Waals surface area contributed by atoms with Gasteiger partial charge >= 0.3 is 0 Å². The Bertz CT molecular complexity index is 336. The highest BCUT2D eigenvalue weighted by Gasteiger charge is 2.29. The highest BCUT2D eigenvalue weighted by molar-refractivity contribution is 6.30. The zero-order valence-electron chi connectivity index (χ0n) is 9.50. The van der Waals surface area contributed by atoms with Crippen molar-refractivity contribution >= 4 is 23.2 Å². The van der Waals surface area contributed by atoms with E-state index in [1.807, 2.05) is 12.1 Å². The molecule has 0 N–H and O–H groups in total. The monoisotopic (exact) mass is 257 g/mol. The summed E-state index contributed by atoms with van der Waals surface area (Å²) in [5.74, 6) is 1.44. The first kappa shape index (κ1) is 12.2. The maximum Gasteiger partial charge on any atom is 0.0406 e. The van der Waals surface area contributed by atoms with Crippen LogP contribution in [0.3, 0.4) is 0 Å². The van der Waals surface area contributed by atoms with Gasteiger partial charge in [0.25, 0.3) is 0 Å². The minimum Gasteiger partial charge on any atom is -0.295 e. The third-order valence-electron chi connectivity index (χ3n) is 3.45. The molecule has 16 heavy (non-hydrogen) atoms. The van der Waals surface area contributed by atoms with E-state index >= 15 is 0 Å². The molecule has 0 aromatic heterocycles. The highest BCUT2D eigenvalue weighted by Crippen LogP contribution is 2.26. The van der Waals surface area contributed by atoms with Gasteiger partial charge in [-0.25, -0.2) is 0 Å². The van der Waals surface area contributed by atoms with Crippen LogP contribution in [-0.2, 0) is 6.54 Å². The standard InChI is InChI=1S/C13H17Cl2N/c1-10-6-7-16(13(10)8-14)9-11-2-4-12(15)5-3-11/h2-5,10,13H,6-9H2,1H3. The van der Waals surface area contributed by atoms with E-state index in [2.05, 4.69) is 24.0 Å². The molecule has 0 spiro atoms. The van der Waals surface area contributed by atoms with Crippen molar-refractivity contribution < 1.29 is 0 Å². The normalized spacial score (nSPS) is 26.2. The van der Waals surface area contributed by atoms with Crippen molar-refractivity contribution in [1.82, 2.24) is 4.90 Å². The van der Waals surface area contributed by atoms with Gasteiger partial charge in [0.2, 0.25) is 0 Å². The summed E-state index contributed by atoms with van der Waals surface area (Å²) < 4.78 is 0. The Morgan fingerprint density at radius 3 is 2.62 bits per heavy atom. The van der Waals surface area contributed by atoms with Gasteiger partial charge in [-0.1, -0.05) is 30.7 Å². The number of rotatable bonds is 3. The third kappa shape index (κ3) is 2.71. The number of nitrogens with zero attached hydrogens (tertiary/aromatic N) is 1. The van der Waals surface area contributed by atoms with E-state index in [-0.39, 0.29) is 0 Å². The van der Waals surface area contributed by atoms with Gasteiger partial charge in [0.1, 0.15) is 0 Å². The predicted octanol–water partition coefficient (Wildman–Crippen LogP) is 3.79. The van der Waals surface area contributed by atoms with Gasteiger partial charge in [-0.2, -0.15) is 0 Å². The van der Waals surface area contributed by atoms with Crippen LogP contribution in [0.1, 0.15) is 18.9 Å². The van der Waals surface area contributed by atoms with E-state index < -0.39 is 0 Å². The Kier molecular flexibility index (Phi) is 4.12. The quantitative estimate of drug-likeness (QED) is 0.745. The lowest BCUT2D eigenvalue weighted by atomic mass is 10.0. The van der Waals surface area contributed by atoms with Crippen molar-refractivity contribution in [3.05, 3.63) is 34.9 Å². The number of hydrogen-bond donors (Lipinski definition) is 0. The van der Waals surface area contributed by atoms with Gasteiger partial charge in [-0.15, -0.1) is 11.6 Å². The summed E-state index contributed by atoms with van der Waals surface area (Å²) in [6.45, 7) is 4.43. The van der Waals surface area contributed by atoms with Crippen molar-refractivity contribution in [2.75, 3.05) is 12.4 Å². The van der Waals surface area contributed by atoms with Crippen LogP contribution in [0.25, 0.3) is 0 Å². The fraction of sp³-hybridized carbons (Fsp3) is 0.538. The number of halogens is 2. The summed E-state index contributed by atoms with van der Waals surface area (Å²) in [6, 6.07) is 8.61. The van der Waals surface area contributed by atoms with Gasteiger partial charge in [-0.3, -0.25) is 4.90 Å². The maximum absolute atomic E-state index is 6.03. The van der Waals surface area contributed by atoms with Crippen LogP contribution in [0.5, 0.6) is 0 Å². The minimum atomic E-state index is 0.525. The first-order chi connectivity index (χ1) is 7.70. The number of hydrogen-bond acceptors (Lipinski definition) is 1. The molecule has 0 saturated carbocycles. The molecule has 1 aromatic carbocycles. The van der Waals surface area contributed by atoms with Gasteiger partial charge < -0.3 is 0 Å². The van der Waals surface area contributed by atoms with Crippen LogP contribution < -0.4 is 0 Å². The fourth-order valence-electron chi connectivity index (χ4n) is 2.36. The molecule has 1 saturated heterocycles. The SMILES string of the molecule is CC1CCN(Cc2ccc(Cl)cc2)C1CCl. The summed E-state index contributed by atoms with van der Waals surface area (Å²) in [6.07, 6.45) is 1.25.